The van der Waals surface area contributed by atoms with E-state index in [1.54, 1.807) is 6.26 Å². The summed E-state index contributed by atoms with van der Waals surface area (Å²) < 4.78 is 11.4. The zero-order chi connectivity index (χ0) is 13.8. The van der Waals surface area contributed by atoms with Crippen LogP contribution in [0.3, 0.4) is 0 Å². The molecular weight excluding hydrogens is 254 g/mol. The van der Waals surface area contributed by atoms with E-state index >= 15 is 0 Å². The van der Waals surface area contributed by atoms with Gasteiger partial charge in [0.1, 0.15) is 0 Å². The van der Waals surface area contributed by atoms with Gasteiger partial charge in [0.05, 0.1) is 0 Å². The van der Waals surface area contributed by atoms with Gasteiger partial charge in [-0.3, -0.25) is 4.21 Å². The Bertz CT molecular complexity index is 576. The fraction of sp³-hybridized carbons (Fsp3) is 0.375. The first-order chi connectivity index (χ1) is 9.09. The van der Waals surface area contributed by atoms with Crippen molar-refractivity contribution in [1.29, 1.82) is 0 Å². The number of nitrogens with one attached hydrogen (secondary N) is 1. The van der Waals surface area contributed by atoms with Gasteiger partial charge in [0.15, 0.2) is 0 Å². The molecule has 3 heteroatoms. The second kappa shape index (κ2) is 6.31. The van der Waals surface area contributed by atoms with Gasteiger partial charge in [0.25, 0.3) is 0 Å². The van der Waals surface area contributed by atoms with E-state index in [0.29, 0.717) is 0 Å². The summed E-state index contributed by atoms with van der Waals surface area (Å²) in [6, 6.07) is 15.1. The highest BCUT2D eigenvalue weighted by atomic mass is 32.2. The van der Waals surface area contributed by atoms with Gasteiger partial charge in [-0.2, -0.15) is 0 Å². The highest BCUT2D eigenvalue weighted by Crippen LogP contribution is 2.23. The Kier molecular flexibility index (Phi) is 4.72. The standard InChI is InChI=1S/C16H21NOS/c1-12(19(3)18)11-17-13(2)15-10-6-8-14-7-4-5-9-16(14)15/h4-10,12-13,17H,11H2,1-3H3. The molecule has 0 bridgehead atoms. The van der Waals surface area contributed by atoms with Crippen molar-refractivity contribution in [1.82, 2.24) is 5.32 Å². The Morgan fingerprint density at radius 3 is 2.53 bits per heavy atom. The molecule has 1 N–H and O–H groups in total. The molecule has 3 atom stereocenters. The SMILES string of the molecule is CC(NCC(C)S(C)=O)c1cccc2ccccc12. The lowest BCUT2D eigenvalue weighted by Crippen LogP contribution is -2.29. The molecule has 0 spiro atoms. The van der Waals surface area contributed by atoms with Crippen molar-refractivity contribution in [3.63, 3.8) is 0 Å². The molecule has 0 saturated carbocycles. The fourth-order valence-electron chi connectivity index (χ4n) is 2.20. The van der Waals surface area contributed by atoms with Crippen LogP contribution in [-0.4, -0.2) is 22.3 Å². The highest BCUT2D eigenvalue weighted by molar-refractivity contribution is 7.84. The molecule has 0 amide bonds. The van der Waals surface area contributed by atoms with Crippen LogP contribution in [0, 0.1) is 0 Å². The van der Waals surface area contributed by atoms with Gasteiger partial charge < -0.3 is 5.32 Å². The Morgan fingerprint density at radius 2 is 1.79 bits per heavy atom. The molecule has 0 aliphatic heterocycles. The van der Waals surface area contributed by atoms with Crippen LogP contribution in [0.1, 0.15) is 25.5 Å². The fourth-order valence-corrected chi connectivity index (χ4v) is 2.53. The minimum atomic E-state index is -0.773. The lowest BCUT2D eigenvalue weighted by molar-refractivity contribution is 0.572. The van der Waals surface area contributed by atoms with Crippen molar-refractivity contribution in [2.24, 2.45) is 0 Å². The summed E-state index contributed by atoms with van der Waals surface area (Å²) >= 11 is 0. The Labute approximate surface area is 117 Å². The third kappa shape index (κ3) is 3.43. The van der Waals surface area contributed by atoms with E-state index in [1.807, 2.05) is 6.92 Å². The number of hydrogen-bond donors (Lipinski definition) is 1. The minimum Gasteiger partial charge on any atom is -0.309 e. The van der Waals surface area contributed by atoms with Crippen LogP contribution in [0.5, 0.6) is 0 Å². The third-order valence-electron chi connectivity index (χ3n) is 3.57. The van der Waals surface area contributed by atoms with Crippen LogP contribution in [0.15, 0.2) is 42.5 Å². The van der Waals surface area contributed by atoms with E-state index in [-0.39, 0.29) is 11.3 Å². The molecule has 0 saturated heterocycles. The molecule has 0 fully saturated rings. The van der Waals surface area contributed by atoms with Gasteiger partial charge in [-0.1, -0.05) is 42.5 Å². The van der Waals surface area contributed by atoms with E-state index < -0.39 is 10.8 Å². The van der Waals surface area contributed by atoms with Crippen molar-refractivity contribution in [2.45, 2.75) is 25.1 Å². The molecule has 2 aromatic rings. The summed E-state index contributed by atoms with van der Waals surface area (Å²) in [6.45, 7) is 4.94. The van der Waals surface area contributed by atoms with Crippen molar-refractivity contribution in [3.05, 3.63) is 48.0 Å². The summed E-state index contributed by atoms with van der Waals surface area (Å²) in [4.78, 5) is 0. The number of rotatable bonds is 5. The molecule has 2 aromatic carbocycles. The van der Waals surface area contributed by atoms with Crippen molar-refractivity contribution < 1.29 is 4.21 Å². The van der Waals surface area contributed by atoms with Crippen LogP contribution in [-0.2, 0) is 10.8 Å². The van der Waals surface area contributed by atoms with E-state index in [0.717, 1.165) is 6.54 Å². The monoisotopic (exact) mass is 275 g/mol. The van der Waals surface area contributed by atoms with E-state index in [9.17, 15) is 4.21 Å². The Hall–Kier alpha value is -1.19. The maximum absolute atomic E-state index is 11.4. The smallest absolute Gasteiger partial charge is 0.0441 e. The average molecular weight is 275 g/mol. The lowest BCUT2D eigenvalue weighted by Gasteiger charge is -2.18. The summed E-state index contributed by atoms with van der Waals surface area (Å²) in [5.41, 5.74) is 1.30. The average Bonchev–Trinajstić information content (AvgIpc) is 2.43. The van der Waals surface area contributed by atoms with Gasteiger partial charge in [-0.15, -0.1) is 0 Å². The van der Waals surface area contributed by atoms with Gasteiger partial charge in [-0.25, -0.2) is 0 Å². The predicted molar refractivity (Wildman–Crippen MR) is 83.9 cm³/mol. The number of fused-ring (bicyclic) bond motifs is 1. The van der Waals surface area contributed by atoms with E-state index in [2.05, 4.69) is 54.7 Å². The van der Waals surface area contributed by atoms with Gasteiger partial charge in [0, 0.05) is 34.9 Å². The molecule has 2 rings (SSSR count). The first-order valence-corrected chi connectivity index (χ1v) is 8.25. The summed E-state index contributed by atoms with van der Waals surface area (Å²) in [5.74, 6) is 0. The van der Waals surface area contributed by atoms with Gasteiger partial charge in [0.2, 0.25) is 0 Å². The molecule has 2 nitrogen and oxygen atoms in total. The van der Waals surface area contributed by atoms with E-state index in [4.69, 9.17) is 0 Å². The van der Waals surface area contributed by atoms with Crippen LogP contribution >= 0.6 is 0 Å². The normalized spacial score (nSPS) is 16.2. The van der Waals surface area contributed by atoms with Crippen molar-refractivity contribution in [2.75, 3.05) is 12.8 Å². The predicted octanol–water partition coefficient (Wildman–Crippen LogP) is 3.26. The maximum Gasteiger partial charge on any atom is 0.0441 e. The zero-order valence-corrected chi connectivity index (χ0v) is 12.5. The number of benzene rings is 2. The molecule has 102 valence electrons. The molecule has 0 radical (unpaired) electrons. The van der Waals surface area contributed by atoms with E-state index in [1.165, 1.54) is 16.3 Å². The molecule has 0 heterocycles. The first-order valence-electron chi connectivity index (χ1n) is 6.63. The summed E-state index contributed by atoms with van der Waals surface area (Å²) in [5, 5.41) is 6.21. The summed E-state index contributed by atoms with van der Waals surface area (Å²) in [6.07, 6.45) is 1.76. The largest absolute Gasteiger partial charge is 0.309 e. The second-order valence-corrected chi connectivity index (χ2v) is 6.81. The van der Waals surface area contributed by atoms with Crippen molar-refractivity contribution >= 4 is 21.6 Å². The molecule has 0 aliphatic carbocycles. The molecule has 19 heavy (non-hydrogen) atoms. The van der Waals surface area contributed by atoms with Gasteiger partial charge >= 0.3 is 0 Å². The molecule has 0 aromatic heterocycles. The third-order valence-corrected chi connectivity index (χ3v) is 4.87. The minimum absolute atomic E-state index is 0.178. The van der Waals surface area contributed by atoms with Crippen LogP contribution in [0.2, 0.25) is 0 Å². The van der Waals surface area contributed by atoms with Crippen LogP contribution in [0.25, 0.3) is 10.8 Å². The first kappa shape index (κ1) is 14.2. The second-order valence-electron chi connectivity index (χ2n) is 5.01. The zero-order valence-electron chi connectivity index (χ0n) is 11.7. The Morgan fingerprint density at radius 1 is 1.11 bits per heavy atom. The Balaban J connectivity index is 2.17. The topological polar surface area (TPSA) is 29.1 Å². The van der Waals surface area contributed by atoms with Crippen molar-refractivity contribution in [3.8, 4) is 0 Å². The summed E-state index contributed by atoms with van der Waals surface area (Å²) in [7, 11) is -0.773. The lowest BCUT2D eigenvalue weighted by atomic mass is 10.00. The maximum atomic E-state index is 11.4. The number of hydrogen-bond acceptors (Lipinski definition) is 2. The molecule has 3 unspecified atom stereocenters. The molecule has 0 aliphatic rings. The quantitative estimate of drug-likeness (QED) is 0.907. The highest BCUT2D eigenvalue weighted by Gasteiger charge is 2.11. The molecular formula is C16H21NOS. The van der Waals surface area contributed by atoms with Gasteiger partial charge in [-0.05, 0) is 30.2 Å². The van der Waals surface area contributed by atoms with Crippen LogP contribution in [0.4, 0.5) is 0 Å². The van der Waals surface area contributed by atoms with Crippen LogP contribution < -0.4 is 5.32 Å².